The van der Waals surface area contributed by atoms with Crippen LogP contribution in [0.5, 0.6) is 0 Å². The van der Waals surface area contributed by atoms with E-state index in [1.165, 1.54) is 0 Å². The third-order valence-electron chi connectivity index (χ3n) is 2.82. The van der Waals surface area contributed by atoms with Crippen molar-refractivity contribution in [2.24, 2.45) is 0 Å². The monoisotopic (exact) mass is 352 g/mol. The number of nitrogens with zero attached hydrogens (tertiary/aromatic N) is 1. The number of unbranched alkanes of at least 4 members (excludes halogenated alkanes) is 1. The zero-order valence-corrected chi connectivity index (χ0v) is 13.8. The average molecular weight is 353 g/mol. The van der Waals surface area contributed by atoms with Crippen LogP contribution in [0.1, 0.15) is 25.5 Å². The first-order chi connectivity index (χ1) is 9.69. The van der Waals surface area contributed by atoms with Gasteiger partial charge in [0, 0.05) is 22.0 Å². The fraction of sp³-hybridized carbons (Fsp3) is 0.333. The molecular weight excluding hydrogens is 336 g/mol. The number of halogens is 1. The normalized spacial score (nSPS) is 10.5. The SMILES string of the molecule is CCCCNC(=O)Cc1csc(-c2cccc(Br)c2)n1. The molecule has 1 amide bonds. The number of nitrogens with one attached hydrogen (secondary N) is 1. The van der Waals surface area contributed by atoms with Crippen LogP contribution in [0.4, 0.5) is 0 Å². The first kappa shape index (κ1) is 15.2. The molecule has 1 heterocycles. The smallest absolute Gasteiger partial charge is 0.226 e. The topological polar surface area (TPSA) is 42.0 Å². The lowest BCUT2D eigenvalue weighted by Gasteiger charge is -2.02. The Balaban J connectivity index is 1.97. The predicted octanol–water partition coefficient (Wildman–Crippen LogP) is 4.03. The Bertz CT molecular complexity index is 583. The van der Waals surface area contributed by atoms with E-state index in [-0.39, 0.29) is 5.91 Å². The summed E-state index contributed by atoms with van der Waals surface area (Å²) >= 11 is 5.02. The number of thiazole rings is 1. The van der Waals surface area contributed by atoms with Gasteiger partial charge in [-0.15, -0.1) is 11.3 Å². The van der Waals surface area contributed by atoms with E-state index in [0.29, 0.717) is 6.42 Å². The van der Waals surface area contributed by atoms with Crippen LogP contribution in [0, 0.1) is 0 Å². The lowest BCUT2D eigenvalue weighted by molar-refractivity contribution is -0.120. The Labute approximate surface area is 131 Å². The fourth-order valence-corrected chi connectivity index (χ4v) is 2.99. The minimum absolute atomic E-state index is 0.0459. The van der Waals surface area contributed by atoms with Gasteiger partial charge in [0.1, 0.15) is 5.01 Å². The Morgan fingerprint density at radius 2 is 2.30 bits per heavy atom. The summed E-state index contributed by atoms with van der Waals surface area (Å²) in [5, 5.41) is 5.81. The molecule has 5 heteroatoms. The molecule has 0 spiro atoms. The van der Waals surface area contributed by atoms with Crippen LogP contribution in [0.2, 0.25) is 0 Å². The van der Waals surface area contributed by atoms with Crippen LogP contribution in [0.25, 0.3) is 10.6 Å². The zero-order valence-electron chi connectivity index (χ0n) is 11.4. The molecule has 0 unspecified atom stereocenters. The van der Waals surface area contributed by atoms with Crippen molar-refractivity contribution in [2.45, 2.75) is 26.2 Å². The highest BCUT2D eigenvalue weighted by molar-refractivity contribution is 9.10. The van der Waals surface area contributed by atoms with Crippen molar-refractivity contribution in [3.8, 4) is 10.6 Å². The first-order valence-electron chi connectivity index (χ1n) is 6.66. The van der Waals surface area contributed by atoms with Gasteiger partial charge < -0.3 is 5.32 Å². The lowest BCUT2D eigenvalue weighted by atomic mass is 10.2. The van der Waals surface area contributed by atoms with E-state index < -0.39 is 0 Å². The van der Waals surface area contributed by atoms with Gasteiger partial charge in [0.2, 0.25) is 5.91 Å². The minimum atomic E-state index is 0.0459. The molecule has 1 N–H and O–H groups in total. The number of amides is 1. The molecular formula is C15H17BrN2OS. The van der Waals surface area contributed by atoms with Crippen LogP contribution in [-0.4, -0.2) is 17.4 Å². The van der Waals surface area contributed by atoms with Gasteiger partial charge in [0.05, 0.1) is 12.1 Å². The molecule has 1 aromatic carbocycles. The molecule has 0 saturated carbocycles. The Morgan fingerprint density at radius 3 is 3.05 bits per heavy atom. The summed E-state index contributed by atoms with van der Waals surface area (Å²) in [5.41, 5.74) is 1.90. The van der Waals surface area contributed by atoms with Gasteiger partial charge >= 0.3 is 0 Å². The van der Waals surface area contributed by atoms with Crippen molar-refractivity contribution in [3.05, 3.63) is 39.8 Å². The average Bonchev–Trinajstić information content (AvgIpc) is 2.87. The number of rotatable bonds is 6. The summed E-state index contributed by atoms with van der Waals surface area (Å²) in [6, 6.07) is 8.02. The van der Waals surface area contributed by atoms with Gasteiger partial charge in [0.25, 0.3) is 0 Å². The van der Waals surface area contributed by atoms with Crippen LogP contribution >= 0.6 is 27.3 Å². The molecule has 0 saturated heterocycles. The molecule has 0 bridgehead atoms. The highest BCUT2D eigenvalue weighted by atomic mass is 79.9. The van der Waals surface area contributed by atoms with Gasteiger partial charge in [-0.2, -0.15) is 0 Å². The summed E-state index contributed by atoms with van der Waals surface area (Å²) in [6.07, 6.45) is 2.46. The summed E-state index contributed by atoms with van der Waals surface area (Å²) in [7, 11) is 0. The van der Waals surface area contributed by atoms with Crippen molar-refractivity contribution in [1.82, 2.24) is 10.3 Å². The van der Waals surface area contributed by atoms with E-state index in [1.807, 2.05) is 29.6 Å². The lowest BCUT2D eigenvalue weighted by Crippen LogP contribution is -2.26. The highest BCUT2D eigenvalue weighted by Gasteiger charge is 2.08. The number of hydrogen-bond acceptors (Lipinski definition) is 3. The predicted molar refractivity (Wildman–Crippen MR) is 86.9 cm³/mol. The highest BCUT2D eigenvalue weighted by Crippen LogP contribution is 2.26. The molecule has 2 rings (SSSR count). The molecule has 0 fully saturated rings. The van der Waals surface area contributed by atoms with Crippen LogP contribution in [0.3, 0.4) is 0 Å². The van der Waals surface area contributed by atoms with Gasteiger partial charge in [-0.1, -0.05) is 41.4 Å². The third kappa shape index (κ3) is 4.42. The molecule has 0 radical (unpaired) electrons. The second-order valence-corrected chi connectivity index (χ2v) is 6.31. The molecule has 106 valence electrons. The molecule has 0 aliphatic heterocycles. The molecule has 0 atom stereocenters. The van der Waals surface area contributed by atoms with Crippen molar-refractivity contribution < 1.29 is 4.79 Å². The number of carbonyl (C=O) groups is 1. The second-order valence-electron chi connectivity index (χ2n) is 4.53. The summed E-state index contributed by atoms with van der Waals surface area (Å²) < 4.78 is 1.03. The summed E-state index contributed by atoms with van der Waals surface area (Å²) in [5.74, 6) is 0.0459. The number of hydrogen-bond donors (Lipinski definition) is 1. The van der Waals surface area contributed by atoms with E-state index in [2.05, 4.69) is 33.2 Å². The van der Waals surface area contributed by atoms with Crippen molar-refractivity contribution >= 4 is 33.2 Å². The van der Waals surface area contributed by atoms with Crippen LogP contribution in [-0.2, 0) is 11.2 Å². The number of carbonyl (C=O) groups excluding carboxylic acids is 1. The number of benzene rings is 1. The number of aromatic nitrogens is 1. The van der Waals surface area contributed by atoms with Gasteiger partial charge in [-0.3, -0.25) is 4.79 Å². The first-order valence-corrected chi connectivity index (χ1v) is 8.33. The van der Waals surface area contributed by atoms with E-state index in [9.17, 15) is 4.79 Å². The van der Waals surface area contributed by atoms with E-state index >= 15 is 0 Å². The van der Waals surface area contributed by atoms with Gasteiger partial charge in [-0.25, -0.2) is 4.98 Å². The molecule has 1 aromatic heterocycles. The van der Waals surface area contributed by atoms with Crippen molar-refractivity contribution in [1.29, 1.82) is 0 Å². The minimum Gasteiger partial charge on any atom is -0.356 e. The molecule has 20 heavy (non-hydrogen) atoms. The molecule has 0 aliphatic rings. The van der Waals surface area contributed by atoms with Crippen molar-refractivity contribution in [2.75, 3.05) is 6.54 Å². The van der Waals surface area contributed by atoms with E-state index in [4.69, 9.17) is 0 Å². The Hall–Kier alpha value is -1.20. The molecule has 3 nitrogen and oxygen atoms in total. The van der Waals surface area contributed by atoms with Gasteiger partial charge in [0.15, 0.2) is 0 Å². The maximum atomic E-state index is 11.7. The largest absolute Gasteiger partial charge is 0.356 e. The third-order valence-corrected chi connectivity index (χ3v) is 4.25. The van der Waals surface area contributed by atoms with E-state index in [0.717, 1.165) is 40.1 Å². The van der Waals surface area contributed by atoms with Crippen LogP contribution in [0.15, 0.2) is 34.1 Å². The van der Waals surface area contributed by atoms with Crippen LogP contribution < -0.4 is 5.32 Å². The second kappa shape index (κ2) is 7.55. The Morgan fingerprint density at radius 1 is 1.45 bits per heavy atom. The standard InChI is InChI=1S/C15H17BrN2OS/c1-2-3-7-17-14(19)9-13-10-20-15(18-13)11-5-4-6-12(16)8-11/h4-6,8,10H,2-3,7,9H2,1H3,(H,17,19). The molecule has 2 aromatic rings. The maximum absolute atomic E-state index is 11.7. The zero-order chi connectivity index (χ0) is 14.4. The fourth-order valence-electron chi connectivity index (χ4n) is 1.77. The Kier molecular flexibility index (Phi) is 5.73. The van der Waals surface area contributed by atoms with Crippen molar-refractivity contribution in [3.63, 3.8) is 0 Å². The quantitative estimate of drug-likeness (QED) is 0.797. The molecule has 0 aliphatic carbocycles. The van der Waals surface area contributed by atoms with Gasteiger partial charge in [-0.05, 0) is 18.6 Å². The maximum Gasteiger partial charge on any atom is 0.226 e. The summed E-state index contributed by atoms with van der Waals surface area (Å²) in [6.45, 7) is 2.86. The summed E-state index contributed by atoms with van der Waals surface area (Å²) in [4.78, 5) is 16.3. The van der Waals surface area contributed by atoms with E-state index in [1.54, 1.807) is 11.3 Å².